The number of likely N-dealkylation sites (tertiary alicyclic amines) is 1. The second kappa shape index (κ2) is 6.34. The molecule has 2 rings (SSSR count). The van der Waals surface area contributed by atoms with Crippen LogP contribution in [0.1, 0.15) is 13.3 Å². The summed E-state index contributed by atoms with van der Waals surface area (Å²) in [6.07, 6.45) is 0.567. The van der Waals surface area contributed by atoms with Crippen molar-refractivity contribution in [3.63, 3.8) is 0 Å². The van der Waals surface area contributed by atoms with E-state index >= 15 is 0 Å². The van der Waals surface area contributed by atoms with Gasteiger partial charge < -0.3 is 5.11 Å². The summed E-state index contributed by atoms with van der Waals surface area (Å²) in [5, 5.41) is 9.57. The lowest BCUT2D eigenvalue weighted by molar-refractivity contribution is -0.142. The predicted molar refractivity (Wildman–Crippen MR) is 80.3 cm³/mol. The van der Waals surface area contributed by atoms with E-state index in [2.05, 4.69) is 0 Å². The van der Waals surface area contributed by atoms with Crippen LogP contribution < -0.4 is 0 Å². The Kier molecular flexibility index (Phi) is 4.91. The van der Waals surface area contributed by atoms with Crippen molar-refractivity contribution in [2.24, 2.45) is 5.92 Å². The normalized spacial score (nSPS) is 23.3. The van der Waals surface area contributed by atoms with Gasteiger partial charge in [0.05, 0.1) is 16.6 Å². The molecular weight excluding hydrogens is 314 g/mol. The van der Waals surface area contributed by atoms with E-state index in [1.165, 1.54) is 12.1 Å². The number of hydrogen-bond donors (Lipinski definition) is 1. The molecule has 5 nitrogen and oxygen atoms in total. The van der Waals surface area contributed by atoms with Gasteiger partial charge in [0, 0.05) is 17.6 Å². The van der Waals surface area contributed by atoms with Crippen molar-refractivity contribution in [3.05, 3.63) is 29.3 Å². The van der Waals surface area contributed by atoms with Gasteiger partial charge in [0.15, 0.2) is 9.84 Å². The number of benzene rings is 1. The summed E-state index contributed by atoms with van der Waals surface area (Å²) in [5.41, 5.74) is 0. The third kappa shape index (κ3) is 3.75. The van der Waals surface area contributed by atoms with E-state index in [-0.39, 0.29) is 16.7 Å². The largest absolute Gasteiger partial charge is 0.481 e. The van der Waals surface area contributed by atoms with Gasteiger partial charge in [-0.05, 0) is 44.2 Å². The topological polar surface area (TPSA) is 74.7 Å². The van der Waals surface area contributed by atoms with E-state index < -0.39 is 21.7 Å². The zero-order chi connectivity index (χ0) is 15.6. The fraction of sp³-hybridized carbons (Fsp3) is 0.500. The Morgan fingerprint density at radius 1 is 1.38 bits per heavy atom. The Bertz CT molecular complexity index is 614. The molecule has 1 fully saturated rings. The molecule has 1 heterocycles. The minimum atomic E-state index is -3.37. The standard InChI is InChI=1S/C14H18ClNO4S/c1-10-13(14(17)18)6-7-16(10)8-9-21(19,20)12-4-2-11(15)3-5-12/h2-5,10,13H,6-9H2,1H3,(H,17,18). The summed E-state index contributed by atoms with van der Waals surface area (Å²) in [5.74, 6) is -1.25. The number of carbonyl (C=O) groups is 1. The van der Waals surface area contributed by atoms with Gasteiger partial charge in [-0.1, -0.05) is 11.6 Å². The van der Waals surface area contributed by atoms with Crippen LogP contribution in [0.3, 0.4) is 0 Å². The van der Waals surface area contributed by atoms with E-state index in [0.29, 0.717) is 24.5 Å². The number of carboxylic acids is 1. The van der Waals surface area contributed by atoms with E-state index in [0.717, 1.165) is 0 Å². The molecule has 7 heteroatoms. The fourth-order valence-corrected chi connectivity index (χ4v) is 4.03. The monoisotopic (exact) mass is 331 g/mol. The van der Waals surface area contributed by atoms with Crippen molar-refractivity contribution >= 4 is 27.4 Å². The summed E-state index contributed by atoms with van der Waals surface area (Å²) in [7, 11) is -3.37. The predicted octanol–water partition coefficient (Wildman–Crippen LogP) is 1.91. The first-order valence-electron chi connectivity index (χ1n) is 6.76. The smallest absolute Gasteiger partial charge is 0.308 e. The highest BCUT2D eigenvalue weighted by Gasteiger charge is 2.35. The maximum absolute atomic E-state index is 12.2. The van der Waals surface area contributed by atoms with Gasteiger partial charge in [-0.15, -0.1) is 0 Å². The van der Waals surface area contributed by atoms with Crippen molar-refractivity contribution in [2.75, 3.05) is 18.8 Å². The highest BCUT2D eigenvalue weighted by molar-refractivity contribution is 7.91. The van der Waals surface area contributed by atoms with Crippen LogP contribution in [0.2, 0.25) is 5.02 Å². The zero-order valence-electron chi connectivity index (χ0n) is 11.7. The number of sulfone groups is 1. The van der Waals surface area contributed by atoms with Gasteiger partial charge in [0.1, 0.15) is 0 Å². The molecule has 2 unspecified atom stereocenters. The molecule has 1 N–H and O–H groups in total. The van der Waals surface area contributed by atoms with Crippen LogP contribution in [-0.2, 0) is 14.6 Å². The van der Waals surface area contributed by atoms with E-state index in [9.17, 15) is 13.2 Å². The van der Waals surface area contributed by atoms with E-state index in [4.69, 9.17) is 16.7 Å². The average Bonchev–Trinajstić information content (AvgIpc) is 2.78. The van der Waals surface area contributed by atoms with Crippen LogP contribution in [0, 0.1) is 5.92 Å². The lowest BCUT2D eigenvalue weighted by atomic mass is 10.0. The highest BCUT2D eigenvalue weighted by atomic mass is 35.5. The number of aliphatic carboxylic acids is 1. The molecular formula is C14H18ClNO4S. The molecule has 0 bridgehead atoms. The van der Waals surface area contributed by atoms with E-state index in [1.54, 1.807) is 12.1 Å². The first-order valence-corrected chi connectivity index (χ1v) is 8.79. The molecule has 1 aliphatic rings. The van der Waals surface area contributed by atoms with Crippen LogP contribution in [0.5, 0.6) is 0 Å². The summed E-state index contributed by atoms with van der Waals surface area (Å²) in [4.78, 5) is 13.2. The number of rotatable bonds is 5. The van der Waals surface area contributed by atoms with Gasteiger partial charge in [-0.25, -0.2) is 8.42 Å². The molecule has 0 spiro atoms. The van der Waals surface area contributed by atoms with Gasteiger partial charge in [-0.3, -0.25) is 9.69 Å². The lowest BCUT2D eigenvalue weighted by Gasteiger charge is -2.22. The van der Waals surface area contributed by atoms with Gasteiger partial charge in [0.2, 0.25) is 0 Å². The number of nitrogens with zero attached hydrogens (tertiary/aromatic N) is 1. The minimum Gasteiger partial charge on any atom is -0.481 e. The molecule has 0 amide bonds. The maximum atomic E-state index is 12.2. The summed E-state index contributed by atoms with van der Waals surface area (Å²) >= 11 is 5.75. The first kappa shape index (κ1) is 16.3. The quantitative estimate of drug-likeness (QED) is 0.892. The van der Waals surface area contributed by atoms with E-state index in [1.807, 2.05) is 11.8 Å². The molecule has 116 valence electrons. The van der Waals surface area contributed by atoms with Crippen LogP contribution in [0.15, 0.2) is 29.2 Å². The second-order valence-corrected chi connectivity index (χ2v) is 7.83. The molecule has 1 aromatic carbocycles. The Balaban J connectivity index is 2.00. The molecule has 0 aromatic heterocycles. The average molecular weight is 332 g/mol. The van der Waals surface area contributed by atoms with Crippen molar-refractivity contribution in [1.29, 1.82) is 0 Å². The number of halogens is 1. The van der Waals surface area contributed by atoms with Gasteiger partial charge in [0.25, 0.3) is 0 Å². The Hall–Kier alpha value is -1.11. The molecule has 1 aliphatic heterocycles. The van der Waals surface area contributed by atoms with Gasteiger partial charge >= 0.3 is 5.97 Å². The fourth-order valence-electron chi connectivity index (χ4n) is 2.65. The first-order chi connectivity index (χ1) is 9.81. The van der Waals surface area contributed by atoms with Crippen LogP contribution in [0.25, 0.3) is 0 Å². The van der Waals surface area contributed by atoms with Crippen LogP contribution in [0.4, 0.5) is 0 Å². The van der Waals surface area contributed by atoms with Crippen LogP contribution >= 0.6 is 11.6 Å². The minimum absolute atomic E-state index is 0.0225. The molecule has 1 aromatic rings. The zero-order valence-corrected chi connectivity index (χ0v) is 13.3. The second-order valence-electron chi connectivity index (χ2n) is 5.28. The number of hydrogen-bond acceptors (Lipinski definition) is 4. The molecule has 2 atom stereocenters. The third-order valence-electron chi connectivity index (χ3n) is 4.02. The third-order valence-corrected chi connectivity index (χ3v) is 5.99. The van der Waals surface area contributed by atoms with Crippen LogP contribution in [-0.4, -0.2) is 49.3 Å². The summed E-state index contributed by atoms with van der Waals surface area (Å²) in [6, 6.07) is 5.94. The van der Waals surface area contributed by atoms with Crippen molar-refractivity contribution in [3.8, 4) is 0 Å². The lowest BCUT2D eigenvalue weighted by Crippen LogP contribution is -2.36. The maximum Gasteiger partial charge on any atom is 0.308 e. The Morgan fingerprint density at radius 3 is 2.52 bits per heavy atom. The Morgan fingerprint density at radius 2 is 2.00 bits per heavy atom. The van der Waals surface area contributed by atoms with Gasteiger partial charge in [-0.2, -0.15) is 0 Å². The van der Waals surface area contributed by atoms with Crippen molar-refractivity contribution in [2.45, 2.75) is 24.3 Å². The molecule has 1 saturated heterocycles. The Labute approximate surface area is 129 Å². The molecule has 0 saturated carbocycles. The highest BCUT2D eigenvalue weighted by Crippen LogP contribution is 2.24. The summed E-state index contributed by atoms with van der Waals surface area (Å²) < 4.78 is 24.5. The summed E-state index contributed by atoms with van der Waals surface area (Å²) in [6.45, 7) is 2.80. The van der Waals surface area contributed by atoms with Crippen molar-refractivity contribution < 1.29 is 18.3 Å². The molecule has 0 radical (unpaired) electrons. The number of carboxylic acid groups (broad SMARTS) is 1. The molecule has 21 heavy (non-hydrogen) atoms. The SMILES string of the molecule is CC1C(C(=O)O)CCN1CCS(=O)(=O)c1ccc(Cl)cc1. The van der Waals surface area contributed by atoms with Crippen molar-refractivity contribution in [1.82, 2.24) is 4.90 Å². The molecule has 0 aliphatic carbocycles.